The number of nitrogens with zero attached hydrogens (tertiary/aromatic N) is 1. The molecule has 0 aliphatic heterocycles. The Bertz CT molecular complexity index is 584. The summed E-state index contributed by atoms with van der Waals surface area (Å²) < 4.78 is 5.22. The van der Waals surface area contributed by atoms with Gasteiger partial charge in [-0.1, -0.05) is 18.2 Å². The second kappa shape index (κ2) is 5.86. The van der Waals surface area contributed by atoms with Crippen LogP contribution in [-0.2, 0) is 6.54 Å². The number of nitrogens with one attached hydrogen (secondary N) is 1. The van der Waals surface area contributed by atoms with E-state index in [4.69, 9.17) is 10.5 Å². The van der Waals surface area contributed by atoms with E-state index in [9.17, 15) is 4.79 Å². The highest BCUT2D eigenvalue weighted by molar-refractivity contribution is 5.98. The number of nitrogen functional groups attached to an aromatic ring is 1. The van der Waals surface area contributed by atoms with Gasteiger partial charge in [0.1, 0.15) is 11.6 Å². The highest BCUT2D eigenvalue weighted by atomic mass is 16.5. The number of aromatic nitrogens is 1. The predicted molar refractivity (Wildman–Crippen MR) is 72.8 cm³/mol. The molecule has 1 aromatic heterocycles. The molecule has 2 rings (SSSR count). The minimum Gasteiger partial charge on any atom is -0.496 e. The quantitative estimate of drug-likeness (QED) is 0.872. The van der Waals surface area contributed by atoms with Gasteiger partial charge in [0.15, 0.2) is 0 Å². The molecule has 19 heavy (non-hydrogen) atoms. The number of hydrogen-bond donors (Lipinski definition) is 2. The fourth-order valence-corrected chi connectivity index (χ4v) is 1.73. The Morgan fingerprint density at radius 2 is 2.11 bits per heavy atom. The van der Waals surface area contributed by atoms with Gasteiger partial charge in [-0.05, 0) is 18.2 Å². The van der Waals surface area contributed by atoms with E-state index in [1.165, 1.54) is 0 Å². The molecule has 1 heterocycles. The summed E-state index contributed by atoms with van der Waals surface area (Å²) in [6.45, 7) is 0.372. The number of para-hydroxylation sites is 1. The Morgan fingerprint density at radius 3 is 2.84 bits per heavy atom. The molecule has 0 aliphatic carbocycles. The maximum Gasteiger partial charge on any atom is 0.255 e. The third-order valence-corrected chi connectivity index (χ3v) is 2.72. The number of carbonyl (C=O) groups is 1. The molecule has 2 aromatic rings. The maximum atomic E-state index is 12.0. The Hall–Kier alpha value is -2.56. The van der Waals surface area contributed by atoms with E-state index in [0.29, 0.717) is 12.1 Å². The van der Waals surface area contributed by atoms with Crippen LogP contribution >= 0.6 is 0 Å². The lowest BCUT2D eigenvalue weighted by atomic mass is 10.2. The summed E-state index contributed by atoms with van der Waals surface area (Å²) in [7, 11) is 1.60. The number of hydrogen-bond acceptors (Lipinski definition) is 4. The van der Waals surface area contributed by atoms with Crippen molar-refractivity contribution in [1.29, 1.82) is 0 Å². The number of anilines is 1. The molecule has 0 aliphatic rings. The summed E-state index contributed by atoms with van der Waals surface area (Å²) >= 11 is 0. The average molecular weight is 257 g/mol. The molecule has 0 saturated carbocycles. The second-order valence-corrected chi connectivity index (χ2v) is 3.93. The number of pyridine rings is 1. The summed E-state index contributed by atoms with van der Waals surface area (Å²) in [5.41, 5.74) is 6.93. The molecular weight excluding hydrogens is 242 g/mol. The van der Waals surface area contributed by atoms with Crippen LogP contribution in [0.15, 0.2) is 42.6 Å². The largest absolute Gasteiger partial charge is 0.496 e. The van der Waals surface area contributed by atoms with Crippen LogP contribution in [0.1, 0.15) is 15.9 Å². The zero-order valence-corrected chi connectivity index (χ0v) is 10.6. The van der Waals surface area contributed by atoms with Crippen molar-refractivity contribution >= 4 is 11.7 Å². The van der Waals surface area contributed by atoms with Gasteiger partial charge < -0.3 is 15.8 Å². The lowest BCUT2D eigenvalue weighted by Gasteiger charge is -2.10. The van der Waals surface area contributed by atoms with Gasteiger partial charge in [0.25, 0.3) is 5.91 Å². The highest BCUT2D eigenvalue weighted by Crippen LogP contribution is 2.17. The molecule has 1 aromatic carbocycles. The van der Waals surface area contributed by atoms with E-state index in [1.54, 1.807) is 25.4 Å². The minimum absolute atomic E-state index is 0.222. The predicted octanol–water partition coefficient (Wildman–Crippen LogP) is 1.60. The van der Waals surface area contributed by atoms with E-state index < -0.39 is 0 Å². The van der Waals surface area contributed by atoms with Crippen LogP contribution in [0.25, 0.3) is 0 Å². The van der Waals surface area contributed by atoms with Gasteiger partial charge in [-0.25, -0.2) is 4.98 Å². The molecule has 5 heteroatoms. The smallest absolute Gasteiger partial charge is 0.255 e. The Morgan fingerprint density at radius 1 is 1.32 bits per heavy atom. The van der Waals surface area contributed by atoms with Crippen molar-refractivity contribution in [2.45, 2.75) is 6.54 Å². The van der Waals surface area contributed by atoms with E-state index in [2.05, 4.69) is 10.3 Å². The Labute approximate surface area is 111 Å². The number of amides is 1. The second-order valence-electron chi connectivity index (χ2n) is 3.93. The van der Waals surface area contributed by atoms with Crippen molar-refractivity contribution in [3.05, 3.63) is 53.7 Å². The number of methoxy groups -OCH3 is 1. The topological polar surface area (TPSA) is 77.2 Å². The zero-order chi connectivity index (χ0) is 13.7. The summed E-state index contributed by atoms with van der Waals surface area (Å²) in [6, 6.07) is 10.8. The average Bonchev–Trinajstić information content (AvgIpc) is 2.45. The number of rotatable bonds is 4. The van der Waals surface area contributed by atoms with Crippen LogP contribution in [0, 0.1) is 0 Å². The third-order valence-electron chi connectivity index (χ3n) is 2.72. The van der Waals surface area contributed by atoms with E-state index in [1.807, 2.05) is 24.3 Å². The Balaban J connectivity index is 2.07. The van der Waals surface area contributed by atoms with Crippen LogP contribution in [-0.4, -0.2) is 18.0 Å². The van der Waals surface area contributed by atoms with Gasteiger partial charge in [-0.3, -0.25) is 4.79 Å². The maximum absolute atomic E-state index is 12.0. The van der Waals surface area contributed by atoms with Crippen molar-refractivity contribution in [2.24, 2.45) is 0 Å². The monoisotopic (exact) mass is 257 g/mol. The van der Waals surface area contributed by atoms with Gasteiger partial charge in [0.05, 0.1) is 12.7 Å². The number of benzene rings is 1. The van der Waals surface area contributed by atoms with Crippen LogP contribution in [0.4, 0.5) is 5.82 Å². The van der Waals surface area contributed by atoms with Crippen molar-refractivity contribution in [1.82, 2.24) is 10.3 Å². The van der Waals surface area contributed by atoms with E-state index >= 15 is 0 Å². The fraction of sp³-hybridized carbons (Fsp3) is 0.143. The SMILES string of the molecule is COc1ccccc1CNC(=O)c1cccnc1N. The number of ether oxygens (including phenoxy) is 1. The first-order valence-corrected chi connectivity index (χ1v) is 5.83. The summed E-state index contributed by atoms with van der Waals surface area (Å²) in [5, 5.41) is 2.79. The molecule has 5 nitrogen and oxygen atoms in total. The van der Waals surface area contributed by atoms with Gasteiger partial charge in [0, 0.05) is 18.3 Å². The Kier molecular flexibility index (Phi) is 3.97. The first-order chi connectivity index (χ1) is 9.22. The molecule has 0 radical (unpaired) electrons. The van der Waals surface area contributed by atoms with Crippen LogP contribution in [0.3, 0.4) is 0 Å². The standard InChI is InChI=1S/C14H15N3O2/c1-19-12-7-3-2-5-10(12)9-17-14(18)11-6-4-8-16-13(11)15/h2-8H,9H2,1H3,(H2,15,16)(H,17,18). The fourth-order valence-electron chi connectivity index (χ4n) is 1.73. The van der Waals surface area contributed by atoms with E-state index in [-0.39, 0.29) is 11.7 Å². The molecular formula is C14H15N3O2. The van der Waals surface area contributed by atoms with Gasteiger partial charge in [-0.2, -0.15) is 0 Å². The van der Waals surface area contributed by atoms with Crippen molar-refractivity contribution < 1.29 is 9.53 Å². The number of carbonyl (C=O) groups excluding carboxylic acids is 1. The van der Waals surface area contributed by atoms with Crippen molar-refractivity contribution in [2.75, 3.05) is 12.8 Å². The van der Waals surface area contributed by atoms with Gasteiger partial charge in [-0.15, -0.1) is 0 Å². The molecule has 0 saturated heterocycles. The summed E-state index contributed by atoms with van der Waals surface area (Å²) in [6.07, 6.45) is 1.55. The summed E-state index contributed by atoms with van der Waals surface area (Å²) in [5.74, 6) is 0.707. The molecule has 0 unspecified atom stereocenters. The molecule has 0 fully saturated rings. The first kappa shape index (κ1) is 12.9. The molecule has 0 bridgehead atoms. The molecule has 3 N–H and O–H groups in total. The third kappa shape index (κ3) is 3.01. The normalized spacial score (nSPS) is 9.95. The molecule has 0 atom stereocenters. The van der Waals surface area contributed by atoms with Gasteiger partial charge >= 0.3 is 0 Å². The minimum atomic E-state index is -0.253. The van der Waals surface area contributed by atoms with Crippen LogP contribution in [0.2, 0.25) is 0 Å². The van der Waals surface area contributed by atoms with Crippen molar-refractivity contribution in [3.8, 4) is 5.75 Å². The lowest BCUT2D eigenvalue weighted by molar-refractivity contribution is 0.0951. The zero-order valence-electron chi connectivity index (χ0n) is 10.6. The van der Waals surface area contributed by atoms with E-state index in [0.717, 1.165) is 11.3 Å². The lowest BCUT2D eigenvalue weighted by Crippen LogP contribution is -2.24. The molecule has 1 amide bonds. The molecule has 98 valence electrons. The first-order valence-electron chi connectivity index (χ1n) is 5.83. The number of nitrogens with two attached hydrogens (primary N) is 1. The summed E-state index contributed by atoms with van der Waals surface area (Å²) in [4.78, 5) is 15.8. The van der Waals surface area contributed by atoms with Crippen LogP contribution in [0.5, 0.6) is 5.75 Å². The van der Waals surface area contributed by atoms with Crippen LogP contribution < -0.4 is 15.8 Å². The van der Waals surface area contributed by atoms with Gasteiger partial charge in [0.2, 0.25) is 0 Å². The highest BCUT2D eigenvalue weighted by Gasteiger charge is 2.10. The molecule has 0 spiro atoms. The van der Waals surface area contributed by atoms with Crippen molar-refractivity contribution in [3.63, 3.8) is 0 Å².